The van der Waals surface area contributed by atoms with E-state index in [0.29, 0.717) is 6.04 Å². The van der Waals surface area contributed by atoms with Crippen molar-refractivity contribution in [3.05, 3.63) is 35.4 Å². The van der Waals surface area contributed by atoms with Crippen molar-refractivity contribution in [1.29, 1.82) is 0 Å². The average molecular weight is 215 g/mol. The number of nitrogens with zero attached hydrogens (tertiary/aromatic N) is 1. The molecule has 1 heterocycles. The summed E-state index contributed by atoms with van der Waals surface area (Å²) in [6.07, 6.45) is 1.20. The fourth-order valence-electron chi connectivity index (χ4n) is 2.46. The first kappa shape index (κ1) is 9.88. The molecule has 0 unspecified atom stereocenters. The van der Waals surface area contributed by atoms with Crippen LogP contribution in [-0.2, 0) is 11.2 Å². The normalized spacial score (nSPS) is 27.1. The molecule has 1 aliphatic heterocycles. The Morgan fingerprint density at radius 3 is 2.75 bits per heavy atom. The highest BCUT2D eigenvalue weighted by Crippen LogP contribution is 2.42. The highest BCUT2D eigenvalue weighted by molar-refractivity contribution is 5.83. The smallest absolute Gasteiger partial charge is 0.189 e. The van der Waals surface area contributed by atoms with Gasteiger partial charge in [-0.25, -0.2) is 4.99 Å². The lowest BCUT2D eigenvalue weighted by Gasteiger charge is -2.20. The third-order valence-corrected chi connectivity index (χ3v) is 3.30. The van der Waals surface area contributed by atoms with Gasteiger partial charge >= 0.3 is 0 Å². The van der Waals surface area contributed by atoms with Crippen LogP contribution in [0.1, 0.15) is 38.0 Å². The summed E-state index contributed by atoms with van der Waals surface area (Å²) >= 11 is 0. The van der Waals surface area contributed by atoms with Crippen molar-refractivity contribution < 1.29 is 4.74 Å². The Kier molecular flexibility index (Phi) is 1.91. The molecule has 3 rings (SSSR count). The Morgan fingerprint density at radius 2 is 2.00 bits per heavy atom. The lowest BCUT2D eigenvalue weighted by molar-refractivity contribution is 0.187. The van der Waals surface area contributed by atoms with Gasteiger partial charge in [-0.05, 0) is 17.5 Å². The van der Waals surface area contributed by atoms with Crippen LogP contribution in [-0.4, -0.2) is 11.9 Å². The molecule has 2 atom stereocenters. The molecule has 0 radical (unpaired) electrons. The van der Waals surface area contributed by atoms with Gasteiger partial charge in [0.25, 0.3) is 0 Å². The van der Waals surface area contributed by atoms with Crippen LogP contribution in [0.3, 0.4) is 0 Å². The second-order valence-corrected chi connectivity index (χ2v) is 5.69. The van der Waals surface area contributed by atoms with E-state index in [-0.39, 0.29) is 11.5 Å². The van der Waals surface area contributed by atoms with Crippen LogP contribution in [0.2, 0.25) is 0 Å². The third kappa shape index (κ3) is 1.36. The van der Waals surface area contributed by atoms with E-state index in [1.165, 1.54) is 11.1 Å². The summed E-state index contributed by atoms with van der Waals surface area (Å²) in [7, 11) is 0. The maximum Gasteiger partial charge on any atom is 0.189 e. The van der Waals surface area contributed by atoms with E-state index in [0.717, 1.165) is 12.3 Å². The van der Waals surface area contributed by atoms with Gasteiger partial charge < -0.3 is 4.74 Å². The zero-order chi connectivity index (χ0) is 11.3. The van der Waals surface area contributed by atoms with Crippen LogP contribution in [0.4, 0.5) is 0 Å². The summed E-state index contributed by atoms with van der Waals surface area (Å²) in [6.45, 7) is 6.45. The lowest BCUT2D eigenvalue weighted by Crippen LogP contribution is -2.21. The van der Waals surface area contributed by atoms with E-state index in [2.05, 4.69) is 45.0 Å². The predicted molar refractivity (Wildman–Crippen MR) is 64.7 cm³/mol. The summed E-state index contributed by atoms with van der Waals surface area (Å²) in [6, 6.07) is 8.84. The van der Waals surface area contributed by atoms with Crippen LogP contribution in [0, 0.1) is 5.41 Å². The van der Waals surface area contributed by atoms with E-state index >= 15 is 0 Å². The minimum Gasteiger partial charge on any atom is -0.470 e. The van der Waals surface area contributed by atoms with E-state index < -0.39 is 0 Å². The Labute approximate surface area is 96.3 Å². The van der Waals surface area contributed by atoms with Crippen molar-refractivity contribution in [2.24, 2.45) is 10.4 Å². The van der Waals surface area contributed by atoms with Crippen molar-refractivity contribution in [3.63, 3.8) is 0 Å². The minimum absolute atomic E-state index is 0.0271. The number of benzene rings is 1. The van der Waals surface area contributed by atoms with Gasteiger partial charge in [0, 0.05) is 5.41 Å². The number of ether oxygens (including phenoxy) is 1. The Bertz CT molecular complexity index is 456. The van der Waals surface area contributed by atoms with Gasteiger partial charge in [0.05, 0.1) is 6.04 Å². The highest BCUT2D eigenvalue weighted by Gasteiger charge is 2.41. The predicted octanol–water partition coefficient (Wildman–Crippen LogP) is 3.13. The molecule has 0 bridgehead atoms. The number of aliphatic imine (C=N–C) groups is 1. The minimum atomic E-state index is 0.0271. The fraction of sp³-hybridized carbons (Fsp3) is 0.500. The third-order valence-electron chi connectivity index (χ3n) is 3.30. The van der Waals surface area contributed by atoms with E-state index in [1.54, 1.807) is 0 Å². The molecule has 16 heavy (non-hydrogen) atoms. The quantitative estimate of drug-likeness (QED) is 0.651. The first-order valence-electron chi connectivity index (χ1n) is 5.88. The molecule has 2 aliphatic rings. The van der Waals surface area contributed by atoms with Gasteiger partial charge in [-0.2, -0.15) is 0 Å². The summed E-state index contributed by atoms with van der Waals surface area (Å²) in [5, 5.41) is 0. The number of fused-ring (bicyclic) bond motifs is 3. The van der Waals surface area contributed by atoms with Gasteiger partial charge in [0.15, 0.2) is 5.90 Å². The lowest BCUT2D eigenvalue weighted by atomic mass is 9.97. The molecule has 0 fully saturated rings. The summed E-state index contributed by atoms with van der Waals surface area (Å²) in [4.78, 5) is 4.73. The van der Waals surface area contributed by atoms with E-state index in [4.69, 9.17) is 9.73 Å². The molecule has 0 spiro atoms. The van der Waals surface area contributed by atoms with Crippen molar-refractivity contribution in [2.75, 3.05) is 0 Å². The zero-order valence-electron chi connectivity index (χ0n) is 10.0. The molecule has 2 nitrogen and oxygen atoms in total. The molecule has 2 heteroatoms. The topological polar surface area (TPSA) is 21.6 Å². The molecular formula is C14H17NO. The molecule has 0 amide bonds. The summed E-state index contributed by atoms with van der Waals surface area (Å²) < 4.78 is 6.03. The van der Waals surface area contributed by atoms with Gasteiger partial charge in [-0.1, -0.05) is 45.0 Å². The van der Waals surface area contributed by atoms with E-state index in [9.17, 15) is 0 Å². The molecule has 0 saturated carbocycles. The van der Waals surface area contributed by atoms with Crippen molar-refractivity contribution in [2.45, 2.75) is 39.3 Å². The SMILES string of the molecule is CC(C)(C)C1=N[C@H]2Cc3ccccc3[C@H]2O1. The van der Waals surface area contributed by atoms with Crippen LogP contribution in [0.25, 0.3) is 0 Å². The van der Waals surface area contributed by atoms with Crippen LogP contribution in [0.15, 0.2) is 29.3 Å². The molecule has 1 aromatic carbocycles. The van der Waals surface area contributed by atoms with Gasteiger partial charge in [-0.3, -0.25) is 0 Å². The van der Waals surface area contributed by atoms with Crippen molar-refractivity contribution in [3.8, 4) is 0 Å². The maximum absolute atomic E-state index is 6.03. The second-order valence-electron chi connectivity index (χ2n) is 5.69. The highest BCUT2D eigenvalue weighted by atomic mass is 16.5. The first-order valence-corrected chi connectivity index (χ1v) is 5.88. The van der Waals surface area contributed by atoms with Crippen LogP contribution < -0.4 is 0 Å². The number of hydrogen-bond donors (Lipinski definition) is 0. The largest absolute Gasteiger partial charge is 0.470 e. The van der Waals surface area contributed by atoms with Crippen LogP contribution >= 0.6 is 0 Å². The van der Waals surface area contributed by atoms with Gasteiger partial charge in [0.2, 0.25) is 0 Å². The first-order chi connectivity index (χ1) is 7.55. The monoisotopic (exact) mass is 215 g/mol. The Balaban J connectivity index is 1.93. The zero-order valence-corrected chi connectivity index (χ0v) is 10.0. The van der Waals surface area contributed by atoms with Crippen LogP contribution in [0.5, 0.6) is 0 Å². The molecule has 0 N–H and O–H groups in total. The molecule has 1 aromatic rings. The van der Waals surface area contributed by atoms with Gasteiger partial charge in [-0.15, -0.1) is 0 Å². The van der Waals surface area contributed by atoms with Gasteiger partial charge in [0.1, 0.15) is 6.10 Å². The number of hydrogen-bond acceptors (Lipinski definition) is 2. The Hall–Kier alpha value is -1.31. The second kappa shape index (κ2) is 3.09. The Morgan fingerprint density at radius 1 is 1.25 bits per heavy atom. The average Bonchev–Trinajstić information content (AvgIpc) is 2.72. The van der Waals surface area contributed by atoms with Crippen molar-refractivity contribution in [1.82, 2.24) is 0 Å². The maximum atomic E-state index is 6.03. The molecule has 84 valence electrons. The van der Waals surface area contributed by atoms with Crippen molar-refractivity contribution >= 4 is 5.90 Å². The van der Waals surface area contributed by atoms with E-state index in [1.807, 2.05) is 0 Å². The summed E-state index contributed by atoms with van der Waals surface area (Å²) in [5.41, 5.74) is 2.75. The fourth-order valence-corrected chi connectivity index (χ4v) is 2.46. The molecule has 0 saturated heterocycles. The summed E-state index contributed by atoms with van der Waals surface area (Å²) in [5.74, 6) is 0.914. The molecule has 0 aromatic heterocycles. The molecule has 1 aliphatic carbocycles. The number of rotatable bonds is 0. The molecular weight excluding hydrogens is 198 g/mol. The standard InChI is InChI=1S/C14H17NO/c1-14(2,3)13-15-11-8-9-6-4-5-7-10(9)12(11)16-13/h4-7,11-12H,8H2,1-3H3/t11-,12+/m0/s1.